The summed E-state index contributed by atoms with van der Waals surface area (Å²) in [6, 6.07) is 0.755. The Labute approximate surface area is 140 Å². The molecule has 1 unspecified atom stereocenters. The Morgan fingerprint density at radius 3 is 2.83 bits per heavy atom. The molecule has 0 amide bonds. The molecule has 126 valence electrons. The van der Waals surface area contributed by atoms with E-state index in [9.17, 15) is 0 Å². The first-order valence-corrected chi connectivity index (χ1v) is 9.04. The normalized spacial score (nSPS) is 23.8. The highest BCUT2D eigenvalue weighted by atomic mass is 16.5. The summed E-state index contributed by atoms with van der Waals surface area (Å²) in [6.07, 6.45) is 15.4. The Morgan fingerprint density at radius 2 is 2.13 bits per heavy atom. The van der Waals surface area contributed by atoms with E-state index >= 15 is 0 Å². The minimum absolute atomic E-state index is 0.572. The Kier molecular flexibility index (Phi) is 5.39. The van der Waals surface area contributed by atoms with Crippen LogP contribution in [-0.4, -0.2) is 31.2 Å². The summed E-state index contributed by atoms with van der Waals surface area (Å²) in [4.78, 5) is 2.42. The van der Waals surface area contributed by atoms with Gasteiger partial charge in [-0.1, -0.05) is 19.1 Å². The second-order valence-electron chi connectivity index (χ2n) is 6.90. The highest BCUT2D eigenvalue weighted by Gasteiger charge is 2.26. The number of ether oxygens (including phenoxy) is 1. The molecule has 3 aliphatic rings. The topological polar surface area (TPSA) is 24.5 Å². The number of hydrogen-bond acceptors (Lipinski definition) is 3. The predicted octanol–water partition coefficient (Wildman–Crippen LogP) is 4.12. The van der Waals surface area contributed by atoms with Crippen molar-refractivity contribution in [1.29, 1.82) is 0 Å². The second-order valence-corrected chi connectivity index (χ2v) is 6.90. The van der Waals surface area contributed by atoms with Gasteiger partial charge < -0.3 is 15.0 Å². The Balaban J connectivity index is 1.76. The van der Waals surface area contributed by atoms with E-state index in [1.807, 2.05) is 0 Å². The van der Waals surface area contributed by atoms with Crippen LogP contribution in [0.5, 0.6) is 0 Å². The van der Waals surface area contributed by atoms with Gasteiger partial charge in [-0.15, -0.1) is 0 Å². The van der Waals surface area contributed by atoms with E-state index in [1.54, 1.807) is 7.11 Å². The SMILES string of the molecule is CCC1C=C(CCCOC)N2C=C(CNC3CC3)C=CC2=C1C. The fourth-order valence-corrected chi connectivity index (χ4v) is 3.41. The van der Waals surface area contributed by atoms with Crippen molar-refractivity contribution in [3.8, 4) is 0 Å². The van der Waals surface area contributed by atoms with E-state index in [4.69, 9.17) is 4.74 Å². The zero-order chi connectivity index (χ0) is 16.2. The number of nitrogens with one attached hydrogen (secondary N) is 1. The molecule has 0 radical (unpaired) electrons. The van der Waals surface area contributed by atoms with Crippen LogP contribution >= 0.6 is 0 Å². The first-order valence-electron chi connectivity index (χ1n) is 9.04. The summed E-state index contributed by atoms with van der Waals surface area (Å²) >= 11 is 0. The molecule has 3 rings (SSSR count). The zero-order valence-electron chi connectivity index (χ0n) is 14.8. The van der Waals surface area contributed by atoms with Crippen molar-refractivity contribution in [3.63, 3.8) is 0 Å². The van der Waals surface area contributed by atoms with Gasteiger partial charge in [-0.2, -0.15) is 0 Å². The van der Waals surface area contributed by atoms with E-state index < -0.39 is 0 Å². The summed E-state index contributed by atoms with van der Waals surface area (Å²) in [5.74, 6) is 0.572. The molecule has 1 fully saturated rings. The van der Waals surface area contributed by atoms with Gasteiger partial charge in [-0.05, 0) is 56.3 Å². The van der Waals surface area contributed by atoms with E-state index in [1.165, 1.54) is 41.8 Å². The van der Waals surface area contributed by atoms with Crippen molar-refractivity contribution in [2.45, 2.75) is 52.0 Å². The average Bonchev–Trinajstić information content (AvgIpc) is 3.39. The van der Waals surface area contributed by atoms with Crippen molar-refractivity contribution in [3.05, 3.63) is 47.0 Å². The Hall–Kier alpha value is -1.32. The van der Waals surface area contributed by atoms with Gasteiger partial charge >= 0.3 is 0 Å². The fraction of sp³-hybridized carbons (Fsp3) is 0.600. The summed E-state index contributed by atoms with van der Waals surface area (Å²) in [6.45, 7) is 6.37. The molecule has 1 aliphatic carbocycles. The van der Waals surface area contributed by atoms with Crippen molar-refractivity contribution < 1.29 is 4.74 Å². The second kappa shape index (κ2) is 7.50. The van der Waals surface area contributed by atoms with Gasteiger partial charge in [0.1, 0.15) is 0 Å². The standard InChI is InChI=1S/C20H30N2O/c1-4-17-12-19(6-5-11-23-3)22-14-16(13-21-18-8-9-18)7-10-20(22)15(17)2/h7,10,12,14,17-18,21H,4-6,8-9,11,13H2,1-3H3. The maximum Gasteiger partial charge on any atom is 0.0465 e. The third-order valence-electron chi connectivity index (χ3n) is 5.07. The first-order chi connectivity index (χ1) is 11.2. The van der Waals surface area contributed by atoms with Gasteiger partial charge in [0.25, 0.3) is 0 Å². The van der Waals surface area contributed by atoms with Crippen molar-refractivity contribution in [2.75, 3.05) is 20.3 Å². The number of fused-ring (bicyclic) bond motifs is 1. The van der Waals surface area contributed by atoms with E-state index in [2.05, 4.69) is 48.5 Å². The maximum absolute atomic E-state index is 5.24. The van der Waals surface area contributed by atoms with Crippen LogP contribution < -0.4 is 5.32 Å². The van der Waals surface area contributed by atoms with Crippen LogP contribution in [0, 0.1) is 5.92 Å². The van der Waals surface area contributed by atoms with Crippen LogP contribution in [0.3, 0.4) is 0 Å². The summed E-state index contributed by atoms with van der Waals surface area (Å²) in [5, 5.41) is 3.62. The minimum Gasteiger partial charge on any atom is -0.385 e. The lowest BCUT2D eigenvalue weighted by atomic mass is 9.88. The quantitative estimate of drug-likeness (QED) is 0.682. The summed E-state index contributed by atoms with van der Waals surface area (Å²) in [5.41, 5.74) is 5.68. The first kappa shape index (κ1) is 16.5. The van der Waals surface area contributed by atoms with Crippen LogP contribution in [0.4, 0.5) is 0 Å². The molecule has 1 N–H and O–H groups in total. The van der Waals surface area contributed by atoms with Crippen LogP contribution in [0.25, 0.3) is 0 Å². The maximum atomic E-state index is 5.24. The third kappa shape index (κ3) is 3.96. The zero-order valence-corrected chi connectivity index (χ0v) is 14.8. The molecule has 0 aromatic rings. The van der Waals surface area contributed by atoms with Crippen molar-refractivity contribution >= 4 is 0 Å². The van der Waals surface area contributed by atoms with Crippen LogP contribution in [0.2, 0.25) is 0 Å². The molecule has 3 heteroatoms. The molecule has 0 saturated heterocycles. The van der Waals surface area contributed by atoms with Gasteiger partial charge in [-0.25, -0.2) is 0 Å². The monoisotopic (exact) mass is 314 g/mol. The Bertz CT molecular complexity index is 552. The smallest absolute Gasteiger partial charge is 0.0465 e. The lowest BCUT2D eigenvalue weighted by molar-refractivity contribution is 0.193. The fourth-order valence-electron chi connectivity index (χ4n) is 3.41. The minimum atomic E-state index is 0.572. The molecule has 1 atom stereocenters. The van der Waals surface area contributed by atoms with Gasteiger partial charge in [0.2, 0.25) is 0 Å². The van der Waals surface area contributed by atoms with Crippen LogP contribution in [0.1, 0.15) is 46.0 Å². The average molecular weight is 314 g/mol. The van der Waals surface area contributed by atoms with Gasteiger partial charge in [0, 0.05) is 49.8 Å². The molecule has 23 heavy (non-hydrogen) atoms. The molecular weight excluding hydrogens is 284 g/mol. The Morgan fingerprint density at radius 1 is 1.30 bits per heavy atom. The van der Waals surface area contributed by atoms with Crippen molar-refractivity contribution in [2.24, 2.45) is 5.92 Å². The largest absolute Gasteiger partial charge is 0.385 e. The summed E-state index contributed by atoms with van der Waals surface area (Å²) in [7, 11) is 1.78. The predicted molar refractivity (Wildman–Crippen MR) is 95.8 cm³/mol. The molecule has 1 saturated carbocycles. The molecule has 3 nitrogen and oxygen atoms in total. The number of hydrogen-bond donors (Lipinski definition) is 1. The lowest BCUT2D eigenvalue weighted by Gasteiger charge is -2.36. The number of methoxy groups -OCH3 is 1. The molecule has 0 aromatic heterocycles. The number of allylic oxidation sites excluding steroid dienone is 4. The van der Waals surface area contributed by atoms with Crippen molar-refractivity contribution in [1.82, 2.24) is 10.2 Å². The number of rotatable bonds is 8. The molecule has 2 aliphatic heterocycles. The lowest BCUT2D eigenvalue weighted by Crippen LogP contribution is -2.28. The van der Waals surface area contributed by atoms with Gasteiger partial charge in [0.15, 0.2) is 0 Å². The molecule has 0 spiro atoms. The number of nitrogens with zero attached hydrogens (tertiary/aromatic N) is 1. The van der Waals surface area contributed by atoms with E-state index in [0.29, 0.717) is 5.92 Å². The van der Waals surface area contributed by atoms with Crippen LogP contribution in [0.15, 0.2) is 47.0 Å². The summed E-state index contributed by atoms with van der Waals surface area (Å²) < 4.78 is 5.24. The highest BCUT2D eigenvalue weighted by Crippen LogP contribution is 2.36. The van der Waals surface area contributed by atoms with Crippen LogP contribution in [-0.2, 0) is 4.74 Å². The van der Waals surface area contributed by atoms with E-state index in [-0.39, 0.29) is 0 Å². The van der Waals surface area contributed by atoms with Gasteiger partial charge in [0.05, 0.1) is 0 Å². The molecule has 2 heterocycles. The molecule has 0 bridgehead atoms. The van der Waals surface area contributed by atoms with E-state index in [0.717, 1.165) is 32.0 Å². The molecular formula is C20H30N2O. The third-order valence-corrected chi connectivity index (χ3v) is 5.07. The van der Waals surface area contributed by atoms with Gasteiger partial charge in [-0.3, -0.25) is 0 Å². The molecule has 0 aromatic carbocycles. The highest BCUT2D eigenvalue weighted by molar-refractivity contribution is 5.44.